The molecule has 178 valence electrons. The van der Waals surface area contributed by atoms with Gasteiger partial charge in [0.25, 0.3) is 5.91 Å². The molecule has 1 N–H and O–H groups in total. The molecule has 0 saturated carbocycles. The van der Waals surface area contributed by atoms with Crippen LogP contribution in [0.1, 0.15) is 36.8 Å². The highest BCUT2D eigenvalue weighted by molar-refractivity contribution is 5.98. The van der Waals surface area contributed by atoms with Crippen molar-refractivity contribution in [2.45, 2.75) is 39.5 Å². The molecule has 2 heterocycles. The SMILES string of the molecule is CO[C@H]1CN(C)C(=O)c2ccc(NC(C)=O)cc2OC[C@@H](C)N(Cc2ccccn2)C[C@H]1C. The number of carbonyl (C=O) groups excluding carboxylic acids is 2. The molecule has 2 amide bonds. The Morgan fingerprint density at radius 3 is 2.70 bits per heavy atom. The molecule has 1 aromatic carbocycles. The van der Waals surface area contributed by atoms with Gasteiger partial charge in [0.2, 0.25) is 5.91 Å². The topological polar surface area (TPSA) is 84.0 Å². The van der Waals surface area contributed by atoms with Crippen molar-refractivity contribution >= 4 is 17.5 Å². The average molecular weight is 455 g/mol. The van der Waals surface area contributed by atoms with E-state index in [0.29, 0.717) is 36.7 Å². The highest BCUT2D eigenvalue weighted by Gasteiger charge is 2.28. The quantitative estimate of drug-likeness (QED) is 0.765. The van der Waals surface area contributed by atoms with E-state index in [1.165, 1.54) is 6.92 Å². The summed E-state index contributed by atoms with van der Waals surface area (Å²) in [4.78, 5) is 33.2. The zero-order valence-corrected chi connectivity index (χ0v) is 20.1. The van der Waals surface area contributed by atoms with E-state index in [1.807, 2.05) is 18.2 Å². The number of fused-ring (bicyclic) bond motifs is 1. The number of methoxy groups -OCH3 is 1. The molecular weight excluding hydrogens is 420 g/mol. The molecule has 0 radical (unpaired) electrons. The summed E-state index contributed by atoms with van der Waals surface area (Å²) < 4.78 is 12.0. The van der Waals surface area contributed by atoms with Crippen LogP contribution >= 0.6 is 0 Å². The second-order valence-electron chi connectivity index (χ2n) is 8.74. The fourth-order valence-corrected chi connectivity index (χ4v) is 4.05. The first-order valence-corrected chi connectivity index (χ1v) is 11.2. The number of likely N-dealkylation sites (N-methyl/N-ethyl adjacent to an activating group) is 1. The summed E-state index contributed by atoms with van der Waals surface area (Å²) in [6, 6.07) is 11.1. The number of ether oxygens (including phenoxy) is 2. The Morgan fingerprint density at radius 2 is 2.03 bits per heavy atom. The molecule has 0 unspecified atom stereocenters. The summed E-state index contributed by atoms with van der Waals surface area (Å²) in [6.45, 7) is 7.97. The summed E-state index contributed by atoms with van der Waals surface area (Å²) in [5.41, 5.74) is 2.03. The third-order valence-electron chi connectivity index (χ3n) is 5.99. The van der Waals surface area contributed by atoms with Gasteiger partial charge in [-0.25, -0.2) is 0 Å². The molecule has 0 bridgehead atoms. The maximum absolute atomic E-state index is 13.2. The average Bonchev–Trinajstić information content (AvgIpc) is 2.79. The van der Waals surface area contributed by atoms with Crippen molar-refractivity contribution in [3.63, 3.8) is 0 Å². The monoisotopic (exact) mass is 454 g/mol. The number of hydrogen-bond donors (Lipinski definition) is 1. The Balaban J connectivity index is 1.94. The zero-order chi connectivity index (χ0) is 24.0. The summed E-state index contributed by atoms with van der Waals surface area (Å²) in [5, 5.41) is 2.76. The minimum absolute atomic E-state index is 0.0523. The molecule has 33 heavy (non-hydrogen) atoms. The molecule has 8 heteroatoms. The van der Waals surface area contributed by atoms with Crippen LogP contribution in [0.3, 0.4) is 0 Å². The van der Waals surface area contributed by atoms with Crippen LogP contribution in [0.4, 0.5) is 5.69 Å². The minimum Gasteiger partial charge on any atom is -0.491 e. The summed E-state index contributed by atoms with van der Waals surface area (Å²) in [6.07, 6.45) is 1.68. The molecule has 1 aliphatic rings. The number of nitrogens with one attached hydrogen (secondary N) is 1. The highest BCUT2D eigenvalue weighted by atomic mass is 16.5. The van der Waals surface area contributed by atoms with Crippen LogP contribution < -0.4 is 10.1 Å². The lowest BCUT2D eigenvalue weighted by Gasteiger charge is -2.35. The van der Waals surface area contributed by atoms with Gasteiger partial charge >= 0.3 is 0 Å². The van der Waals surface area contributed by atoms with E-state index in [-0.39, 0.29) is 29.9 Å². The van der Waals surface area contributed by atoms with Gasteiger partial charge in [-0.1, -0.05) is 13.0 Å². The first kappa shape index (κ1) is 24.7. The lowest BCUT2D eigenvalue weighted by atomic mass is 10.0. The molecular formula is C25H34N4O4. The zero-order valence-electron chi connectivity index (χ0n) is 20.1. The van der Waals surface area contributed by atoms with Gasteiger partial charge in [0.05, 0.1) is 17.4 Å². The summed E-state index contributed by atoms with van der Waals surface area (Å²) in [7, 11) is 3.46. The van der Waals surface area contributed by atoms with E-state index in [2.05, 4.69) is 29.0 Å². The van der Waals surface area contributed by atoms with Gasteiger partial charge in [-0.15, -0.1) is 0 Å². The first-order chi connectivity index (χ1) is 15.8. The summed E-state index contributed by atoms with van der Waals surface area (Å²) >= 11 is 0. The predicted molar refractivity (Wildman–Crippen MR) is 127 cm³/mol. The number of hydrogen-bond acceptors (Lipinski definition) is 6. The number of anilines is 1. The van der Waals surface area contributed by atoms with Crippen LogP contribution in [0.25, 0.3) is 0 Å². The molecule has 0 aliphatic carbocycles. The highest BCUT2D eigenvalue weighted by Crippen LogP contribution is 2.27. The second kappa shape index (κ2) is 11.2. The number of benzene rings is 1. The van der Waals surface area contributed by atoms with Crippen molar-refractivity contribution in [3.05, 3.63) is 53.9 Å². The van der Waals surface area contributed by atoms with Crippen molar-refractivity contribution in [2.24, 2.45) is 5.92 Å². The molecule has 8 nitrogen and oxygen atoms in total. The van der Waals surface area contributed by atoms with Crippen LogP contribution in [0.5, 0.6) is 5.75 Å². The van der Waals surface area contributed by atoms with Gasteiger partial charge in [0.1, 0.15) is 12.4 Å². The van der Waals surface area contributed by atoms with Crippen molar-refractivity contribution < 1.29 is 19.1 Å². The minimum atomic E-state index is -0.182. The second-order valence-corrected chi connectivity index (χ2v) is 8.74. The van der Waals surface area contributed by atoms with E-state index >= 15 is 0 Å². The molecule has 2 aromatic rings. The molecule has 0 fully saturated rings. The lowest BCUT2D eigenvalue weighted by molar-refractivity contribution is -0.114. The number of rotatable bonds is 4. The Kier molecular flexibility index (Phi) is 8.41. The Morgan fingerprint density at radius 1 is 1.24 bits per heavy atom. The number of carbonyl (C=O) groups is 2. The van der Waals surface area contributed by atoms with Crippen LogP contribution in [-0.2, 0) is 16.1 Å². The van der Waals surface area contributed by atoms with Crippen LogP contribution in [-0.4, -0.2) is 72.6 Å². The number of aromatic nitrogens is 1. The largest absolute Gasteiger partial charge is 0.491 e. The molecule has 0 saturated heterocycles. The standard InChI is InChI=1S/C25H34N4O4/c1-17-13-29(14-21-8-6-7-11-26-21)18(2)16-33-23-12-20(27-19(3)30)9-10-22(23)25(31)28(4)15-24(17)32-5/h6-12,17-18,24H,13-16H2,1-5H3,(H,27,30)/t17-,18-,24+/m1/s1. The van der Waals surface area contributed by atoms with E-state index in [4.69, 9.17) is 9.47 Å². The molecule has 1 aromatic heterocycles. The van der Waals surface area contributed by atoms with Gasteiger partial charge < -0.3 is 19.7 Å². The molecule has 3 atom stereocenters. The van der Waals surface area contributed by atoms with Gasteiger partial charge in [0.15, 0.2) is 0 Å². The fourth-order valence-electron chi connectivity index (χ4n) is 4.05. The summed E-state index contributed by atoms with van der Waals surface area (Å²) in [5.74, 6) is 0.299. The predicted octanol–water partition coefficient (Wildman–Crippen LogP) is 3.05. The van der Waals surface area contributed by atoms with Crippen LogP contribution in [0, 0.1) is 5.92 Å². The maximum Gasteiger partial charge on any atom is 0.257 e. The van der Waals surface area contributed by atoms with Crippen molar-refractivity contribution in [1.82, 2.24) is 14.8 Å². The van der Waals surface area contributed by atoms with Gasteiger partial charge in [-0.3, -0.25) is 19.5 Å². The Labute approximate surface area is 195 Å². The van der Waals surface area contributed by atoms with Crippen molar-refractivity contribution in [1.29, 1.82) is 0 Å². The first-order valence-electron chi connectivity index (χ1n) is 11.2. The van der Waals surface area contributed by atoms with E-state index in [9.17, 15) is 9.59 Å². The normalized spacial score (nSPS) is 22.5. The maximum atomic E-state index is 13.2. The lowest BCUT2D eigenvalue weighted by Crippen LogP contribution is -2.46. The van der Waals surface area contributed by atoms with E-state index < -0.39 is 0 Å². The van der Waals surface area contributed by atoms with Crippen LogP contribution in [0.15, 0.2) is 42.6 Å². The third kappa shape index (κ3) is 6.52. The Hall–Kier alpha value is -2.97. The van der Waals surface area contributed by atoms with E-state index in [1.54, 1.807) is 43.5 Å². The van der Waals surface area contributed by atoms with Crippen LogP contribution in [0.2, 0.25) is 0 Å². The number of amides is 2. The molecule has 0 spiro atoms. The van der Waals surface area contributed by atoms with Crippen molar-refractivity contribution in [3.8, 4) is 5.75 Å². The molecule has 1 aliphatic heterocycles. The smallest absolute Gasteiger partial charge is 0.257 e. The van der Waals surface area contributed by atoms with Gasteiger partial charge in [-0.05, 0) is 37.1 Å². The van der Waals surface area contributed by atoms with Gasteiger partial charge in [-0.2, -0.15) is 0 Å². The fraction of sp³-hybridized carbons (Fsp3) is 0.480. The number of nitrogens with zero attached hydrogens (tertiary/aromatic N) is 3. The molecule has 3 rings (SSSR count). The third-order valence-corrected chi connectivity index (χ3v) is 5.99. The van der Waals surface area contributed by atoms with Crippen molar-refractivity contribution in [2.75, 3.05) is 39.2 Å². The van der Waals surface area contributed by atoms with E-state index in [0.717, 1.165) is 12.2 Å². The van der Waals surface area contributed by atoms with Gasteiger partial charge in [0, 0.05) is 64.7 Å². The number of pyridine rings is 1. The Bertz CT molecular complexity index is 953.